The lowest BCUT2D eigenvalue weighted by atomic mass is 9.89. The molecule has 0 aromatic carbocycles. The van der Waals surface area contributed by atoms with Gasteiger partial charge in [0.2, 0.25) is 5.91 Å². The quantitative estimate of drug-likeness (QED) is 0.783. The lowest BCUT2D eigenvalue weighted by molar-refractivity contribution is -0.137. The van der Waals surface area contributed by atoms with Crippen LogP contribution in [0.5, 0.6) is 0 Å². The molecule has 0 aromatic heterocycles. The summed E-state index contributed by atoms with van der Waals surface area (Å²) in [6.07, 6.45) is 3.37. The summed E-state index contributed by atoms with van der Waals surface area (Å²) in [5, 5.41) is 3.41. The van der Waals surface area contributed by atoms with Gasteiger partial charge in [0.1, 0.15) is 0 Å². The van der Waals surface area contributed by atoms with Gasteiger partial charge in [-0.3, -0.25) is 4.79 Å². The van der Waals surface area contributed by atoms with Crippen LogP contribution < -0.4 is 5.32 Å². The van der Waals surface area contributed by atoms with Crippen molar-refractivity contribution in [2.45, 2.75) is 45.6 Å². The Kier molecular flexibility index (Phi) is 4.85. The third kappa shape index (κ3) is 2.94. The molecule has 0 spiro atoms. The van der Waals surface area contributed by atoms with Gasteiger partial charge in [0, 0.05) is 13.1 Å². The number of amides is 1. The number of nitrogens with one attached hydrogen (secondary N) is 1. The van der Waals surface area contributed by atoms with E-state index in [9.17, 15) is 4.79 Å². The third-order valence-corrected chi connectivity index (χ3v) is 4.37. The van der Waals surface area contributed by atoms with E-state index in [1.807, 2.05) is 0 Å². The van der Waals surface area contributed by atoms with Gasteiger partial charge in [-0.05, 0) is 44.6 Å². The molecule has 100 valence electrons. The summed E-state index contributed by atoms with van der Waals surface area (Å²) in [5.74, 6) is 1.62. The molecule has 1 N–H and O–H groups in total. The van der Waals surface area contributed by atoms with E-state index in [4.69, 9.17) is 0 Å². The van der Waals surface area contributed by atoms with Crippen LogP contribution in [0.2, 0.25) is 0 Å². The lowest BCUT2D eigenvalue weighted by Gasteiger charge is -2.36. The second kappa shape index (κ2) is 5.57. The van der Waals surface area contributed by atoms with Crippen molar-refractivity contribution in [3.05, 3.63) is 0 Å². The van der Waals surface area contributed by atoms with Crippen molar-refractivity contribution in [2.24, 2.45) is 11.8 Å². The maximum atomic E-state index is 12.5. The number of piperidine rings is 1. The zero-order valence-electron chi connectivity index (χ0n) is 11.2. The van der Waals surface area contributed by atoms with Gasteiger partial charge < -0.3 is 10.2 Å². The molecule has 3 nitrogen and oxygen atoms in total. The number of carbonyl (C=O) groups excluding carboxylic acids is 1. The Hall–Kier alpha value is -0.280. The molecule has 0 saturated carbocycles. The van der Waals surface area contributed by atoms with Crippen LogP contribution in [-0.4, -0.2) is 36.0 Å². The SMILES string of the molecule is CC1CN(C(=O)C2(C)CCCCN2)CC1C.Cl. The van der Waals surface area contributed by atoms with Crippen molar-refractivity contribution < 1.29 is 4.79 Å². The fraction of sp³-hybridized carbons (Fsp3) is 0.923. The third-order valence-electron chi connectivity index (χ3n) is 4.37. The van der Waals surface area contributed by atoms with Gasteiger partial charge in [0.25, 0.3) is 0 Å². The highest BCUT2D eigenvalue weighted by Crippen LogP contribution is 2.27. The summed E-state index contributed by atoms with van der Waals surface area (Å²) >= 11 is 0. The van der Waals surface area contributed by atoms with Crippen LogP contribution in [0.25, 0.3) is 0 Å². The van der Waals surface area contributed by atoms with Crippen molar-refractivity contribution in [1.29, 1.82) is 0 Å². The molecule has 4 heteroatoms. The predicted molar refractivity (Wildman–Crippen MR) is 72.4 cm³/mol. The van der Waals surface area contributed by atoms with Crippen molar-refractivity contribution in [1.82, 2.24) is 10.2 Å². The molecule has 2 fully saturated rings. The average molecular weight is 261 g/mol. The average Bonchev–Trinajstić information content (AvgIpc) is 2.59. The Labute approximate surface area is 111 Å². The van der Waals surface area contributed by atoms with E-state index in [0.29, 0.717) is 17.7 Å². The number of hydrogen-bond acceptors (Lipinski definition) is 2. The molecule has 2 aliphatic heterocycles. The van der Waals surface area contributed by atoms with Gasteiger partial charge in [0.05, 0.1) is 5.54 Å². The van der Waals surface area contributed by atoms with E-state index in [1.165, 1.54) is 12.8 Å². The van der Waals surface area contributed by atoms with Crippen LogP contribution in [0.15, 0.2) is 0 Å². The fourth-order valence-electron chi connectivity index (χ4n) is 2.88. The summed E-state index contributed by atoms with van der Waals surface area (Å²) in [6.45, 7) is 9.43. The maximum Gasteiger partial charge on any atom is 0.242 e. The monoisotopic (exact) mass is 260 g/mol. The van der Waals surface area contributed by atoms with Crippen LogP contribution in [0.1, 0.15) is 40.0 Å². The standard InChI is InChI=1S/C13H24N2O.ClH/c1-10-8-15(9-11(10)2)12(16)13(3)6-4-5-7-14-13;/h10-11,14H,4-9H2,1-3H3;1H. The van der Waals surface area contributed by atoms with Crippen molar-refractivity contribution in [3.8, 4) is 0 Å². The molecule has 3 unspecified atom stereocenters. The highest BCUT2D eigenvalue weighted by molar-refractivity contribution is 5.86. The van der Waals surface area contributed by atoms with Crippen LogP contribution in [0.3, 0.4) is 0 Å². The van der Waals surface area contributed by atoms with Gasteiger partial charge in [0.15, 0.2) is 0 Å². The number of hydrogen-bond donors (Lipinski definition) is 1. The fourth-order valence-corrected chi connectivity index (χ4v) is 2.88. The van der Waals surface area contributed by atoms with Gasteiger partial charge in [-0.25, -0.2) is 0 Å². The second-order valence-electron chi connectivity index (χ2n) is 5.88. The van der Waals surface area contributed by atoms with Crippen LogP contribution in [-0.2, 0) is 4.79 Å². The molecule has 17 heavy (non-hydrogen) atoms. The molecule has 2 heterocycles. The Morgan fingerprint density at radius 3 is 2.29 bits per heavy atom. The highest BCUT2D eigenvalue weighted by Gasteiger charge is 2.40. The number of nitrogens with zero attached hydrogens (tertiary/aromatic N) is 1. The highest BCUT2D eigenvalue weighted by atomic mass is 35.5. The molecule has 0 bridgehead atoms. The molecule has 0 aromatic rings. The van der Waals surface area contributed by atoms with Crippen molar-refractivity contribution in [3.63, 3.8) is 0 Å². The van der Waals surface area contributed by atoms with Gasteiger partial charge in [-0.1, -0.05) is 13.8 Å². The molecule has 2 saturated heterocycles. The number of halogens is 1. The lowest BCUT2D eigenvalue weighted by Crippen LogP contribution is -2.57. The molecule has 2 rings (SSSR count). The van der Waals surface area contributed by atoms with Gasteiger partial charge in [-0.15, -0.1) is 12.4 Å². The maximum absolute atomic E-state index is 12.5. The molecule has 0 aliphatic carbocycles. The zero-order valence-corrected chi connectivity index (χ0v) is 12.0. The Balaban J connectivity index is 0.00000144. The minimum atomic E-state index is -0.290. The summed E-state index contributed by atoms with van der Waals surface area (Å²) in [4.78, 5) is 14.5. The first-order valence-corrected chi connectivity index (χ1v) is 6.57. The Morgan fingerprint density at radius 1 is 1.24 bits per heavy atom. The summed E-state index contributed by atoms with van der Waals surface area (Å²) in [6, 6.07) is 0. The zero-order chi connectivity index (χ0) is 11.8. The number of likely N-dealkylation sites (tertiary alicyclic amines) is 1. The smallest absolute Gasteiger partial charge is 0.242 e. The molecule has 2 aliphatic rings. The number of rotatable bonds is 1. The van der Waals surface area contributed by atoms with E-state index in [0.717, 1.165) is 26.1 Å². The van der Waals surface area contributed by atoms with Crippen molar-refractivity contribution >= 4 is 18.3 Å². The van der Waals surface area contributed by atoms with E-state index < -0.39 is 0 Å². The largest absolute Gasteiger partial charge is 0.341 e. The van der Waals surface area contributed by atoms with Crippen molar-refractivity contribution in [2.75, 3.05) is 19.6 Å². The van der Waals surface area contributed by atoms with Gasteiger partial charge >= 0.3 is 0 Å². The molecule has 1 amide bonds. The Morgan fingerprint density at radius 2 is 1.82 bits per heavy atom. The van der Waals surface area contributed by atoms with Crippen LogP contribution >= 0.6 is 12.4 Å². The van der Waals surface area contributed by atoms with E-state index in [-0.39, 0.29) is 17.9 Å². The summed E-state index contributed by atoms with van der Waals surface area (Å²) in [5.41, 5.74) is -0.290. The summed E-state index contributed by atoms with van der Waals surface area (Å²) in [7, 11) is 0. The first-order valence-electron chi connectivity index (χ1n) is 6.57. The van der Waals surface area contributed by atoms with E-state index in [1.54, 1.807) is 0 Å². The molecule has 3 atom stereocenters. The molecular weight excluding hydrogens is 236 g/mol. The van der Waals surface area contributed by atoms with Crippen LogP contribution in [0.4, 0.5) is 0 Å². The van der Waals surface area contributed by atoms with Gasteiger partial charge in [-0.2, -0.15) is 0 Å². The normalized spacial score (nSPS) is 37.7. The second-order valence-corrected chi connectivity index (χ2v) is 5.88. The first-order chi connectivity index (χ1) is 7.53. The first kappa shape index (κ1) is 14.8. The minimum Gasteiger partial charge on any atom is -0.341 e. The topological polar surface area (TPSA) is 32.3 Å². The van der Waals surface area contributed by atoms with E-state index >= 15 is 0 Å². The Bertz CT molecular complexity index is 267. The number of carbonyl (C=O) groups is 1. The molecular formula is C13H25ClN2O. The molecule has 0 radical (unpaired) electrons. The summed E-state index contributed by atoms with van der Waals surface area (Å²) < 4.78 is 0. The van der Waals surface area contributed by atoms with Crippen LogP contribution in [0, 0.1) is 11.8 Å². The predicted octanol–water partition coefficient (Wildman–Crippen LogP) is 2.05. The minimum absolute atomic E-state index is 0. The van der Waals surface area contributed by atoms with E-state index in [2.05, 4.69) is 31.0 Å².